The zero-order valence-electron chi connectivity index (χ0n) is 9.59. The van der Waals surface area contributed by atoms with Gasteiger partial charge in [-0.25, -0.2) is 8.42 Å². The van der Waals surface area contributed by atoms with Gasteiger partial charge in [0.25, 0.3) is 0 Å². The van der Waals surface area contributed by atoms with E-state index < -0.39 is 9.84 Å². The molecule has 0 amide bonds. The van der Waals surface area contributed by atoms with Crippen LogP contribution in [0, 0.1) is 0 Å². The van der Waals surface area contributed by atoms with Gasteiger partial charge in [0.1, 0.15) is 9.84 Å². The molecule has 0 bridgehead atoms. The van der Waals surface area contributed by atoms with Crippen molar-refractivity contribution >= 4 is 21.2 Å². The summed E-state index contributed by atoms with van der Waals surface area (Å²) in [6.07, 6.45) is 1.25. The number of nitrogens with zero attached hydrogens (tertiary/aromatic N) is 1. The largest absolute Gasteiger partial charge is 0.329 e. The van der Waals surface area contributed by atoms with Crippen LogP contribution in [0.4, 0.5) is 0 Å². The molecule has 0 fully saturated rings. The first-order valence-corrected chi connectivity index (χ1v) is 7.99. The molecule has 0 radical (unpaired) electrons. The van der Waals surface area contributed by atoms with Gasteiger partial charge >= 0.3 is 0 Å². The van der Waals surface area contributed by atoms with Crippen molar-refractivity contribution in [3.8, 4) is 0 Å². The molecule has 1 aromatic heterocycles. The summed E-state index contributed by atoms with van der Waals surface area (Å²) in [5.74, 6) is 0.172. The molecule has 0 saturated heterocycles. The first-order chi connectivity index (χ1) is 7.44. The average molecular weight is 262 g/mol. The van der Waals surface area contributed by atoms with Crippen LogP contribution < -0.4 is 5.73 Å². The van der Waals surface area contributed by atoms with Crippen molar-refractivity contribution in [1.82, 2.24) is 4.90 Å². The van der Waals surface area contributed by atoms with Crippen molar-refractivity contribution < 1.29 is 8.42 Å². The Morgan fingerprint density at radius 1 is 1.56 bits per heavy atom. The minimum absolute atomic E-state index is 0.113. The van der Waals surface area contributed by atoms with E-state index in [9.17, 15) is 8.42 Å². The van der Waals surface area contributed by atoms with Crippen LogP contribution in [0.1, 0.15) is 10.9 Å². The quantitative estimate of drug-likeness (QED) is 0.820. The van der Waals surface area contributed by atoms with E-state index in [0.29, 0.717) is 13.1 Å². The predicted molar refractivity (Wildman–Crippen MR) is 68.5 cm³/mol. The van der Waals surface area contributed by atoms with Gasteiger partial charge in [0.2, 0.25) is 0 Å². The Balaban J connectivity index is 2.61. The monoisotopic (exact) mass is 262 g/mol. The topological polar surface area (TPSA) is 63.4 Å². The maximum Gasteiger partial charge on any atom is 0.148 e. The predicted octanol–water partition coefficient (Wildman–Crippen LogP) is 0.724. The summed E-state index contributed by atoms with van der Waals surface area (Å²) in [4.78, 5) is 3.17. The van der Waals surface area contributed by atoms with Gasteiger partial charge in [-0.3, -0.25) is 4.90 Å². The number of hydrogen-bond donors (Lipinski definition) is 1. The summed E-state index contributed by atoms with van der Waals surface area (Å²) in [6.45, 7) is 1.01. The Kier molecular flexibility index (Phi) is 4.91. The van der Waals surface area contributed by atoms with Crippen molar-refractivity contribution in [2.24, 2.45) is 5.73 Å². The summed E-state index contributed by atoms with van der Waals surface area (Å²) in [5, 5.41) is 2.00. The van der Waals surface area contributed by atoms with Crippen LogP contribution in [-0.2, 0) is 9.84 Å². The molecule has 6 heteroatoms. The molecule has 2 N–H and O–H groups in total. The van der Waals surface area contributed by atoms with Crippen molar-refractivity contribution in [2.75, 3.05) is 32.1 Å². The SMILES string of the molecule is CN(CCS(C)(=O)=O)C(CN)c1cccs1. The van der Waals surface area contributed by atoms with Gasteiger partial charge in [-0.15, -0.1) is 11.3 Å². The third-order valence-electron chi connectivity index (χ3n) is 2.44. The molecule has 1 aromatic rings. The molecule has 1 unspecified atom stereocenters. The Hall–Kier alpha value is -0.430. The smallest absolute Gasteiger partial charge is 0.148 e. The average Bonchev–Trinajstić information content (AvgIpc) is 2.68. The lowest BCUT2D eigenvalue weighted by Gasteiger charge is -2.25. The fourth-order valence-corrected chi connectivity index (χ4v) is 2.98. The highest BCUT2D eigenvalue weighted by Crippen LogP contribution is 2.22. The van der Waals surface area contributed by atoms with Crippen LogP contribution in [0.5, 0.6) is 0 Å². The highest BCUT2D eigenvalue weighted by molar-refractivity contribution is 7.90. The molecule has 1 heterocycles. The zero-order chi connectivity index (χ0) is 12.2. The zero-order valence-corrected chi connectivity index (χ0v) is 11.2. The van der Waals surface area contributed by atoms with Crippen LogP contribution >= 0.6 is 11.3 Å². The fraction of sp³-hybridized carbons (Fsp3) is 0.600. The van der Waals surface area contributed by atoms with Crippen LogP contribution in [0.25, 0.3) is 0 Å². The number of likely N-dealkylation sites (N-methyl/N-ethyl adjacent to an activating group) is 1. The van der Waals surface area contributed by atoms with Crippen LogP contribution in [0.2, 0.25) is 0 Å². The summed E-state index contributed by atoms with van der Waals surface area (Å²) in [5.41, 5.74) is 5.72. The molecule has 0 saturated carbocycles. The summed E-state index contributed by atoms with van der Waals surface area (Å²) < 4.78 is 22.2. The van der Waals surface area contributed by atoms with E-state index >= 15 is 0 Å². The fourth-order valence-electron chi connectivity index (χ4n) is 1.46. The highest BCUT2D eigenvalue weighted by atomic mass is 32.2. The first-order valence-electron chi connectivity index (χ1n) is 5.05. The van der Waals surface area contributed by atoms with E-state index in [-0.39, 0.29) is 11.8 Å². The maximum absolute atomic E-state index is 11.1. The third-order valence-corrected chi connectivity index (χ3v) is 4.34. The lowest BCUT2D eigenvalue weighted by atomic mass is 10.2. The van der Waals surface area contributed by atoms with Crippen molar-refractivity contribution in [2.45, 2.75) is 6.04 Å². The molecule has 0 aromatic carbocycles. The molecule has 92 valence electrons. The normalized spacial score (nSPS) is 14.2. The van der Waals surface area contributed by atoms with Gasteiger partial charge in [0.15, 0.2) is 0 Å². The molecule has 0 spiro atoms. The number of nitrogens with two attached hydrogens (primary N) is 1. The third kappa shape index (κ3) is 4.21. The van der Waals surface area contributed by atoms with E-state index in [2.05, 4.69) is 0 Å². The van der Waals surface area contributed by atoms with Crippen molar-refractivity contribution in [3.05, 3.63) is 22.4 Å². The molecule has 0 aliphatic heterocycles. The molecule has 0 aliphatic carbocycles. The Morgan fingerprint density at radius 2 is 2.25 bits per heavy atom. The molecular weight excluding hydrogens is 244 g/mol. The van der Waals surface area contributed by atoms with E-state index in [1.54, 1.807) is 11.3 Å². The Morgan fingerprint density at radius 3 is 2.69 bits per heavy atom. The second kappa shape index (κ2) is 5.77. The van der Waals surface area contributed by atoms with Gasteiger partial charge in [-0.05, 0) is 18.5 Å². The minimum atomic E-state index is -2.91. The van der Waals surface area contributed by atoms with Gasteiger partial charge < -0.3 is 5.73 Å². The molecule has 1 rings (SSSR count). The van der Waals surface area contributed by atoms with E-state index in [1.165, 1.54) is 11.1 Å². The van der Waals surface area contributed by atoms with Gasteiger partial charge in [0.05, 0.1) is 11.8 Å². The maximum atomic E-state index is 11.1. The lowest BCUT2D eigenvalue weighted by Crippen LogP contribution is -2.33. The van der Waals surface area contributed by atoms with Crippen molar-refractivity contribution in [3.63, 3.8) is 0 Å². The summed E-state index contributed by atoms with van der Waals surface area (Å²) in [7, 11) is -1.00. The van der Waals surface area contributed by atoms with Crippen LogP contribution in [0.15, 0.2) is 17.5 Å². The van der Waals surface area contributed by atoms with Gasteiger partial charge in [-0.2, -0.15) is 0 Å². The van der Waals surface area contributed by atoms with Gasteiger partial charge in [-0.1, -0.05) is 6.07 Å². The highest BCUT2D eigenvalue weighted by Gasteiger charge is 2.17. The standard InChI is InChI=1S/C10H18N2O2S2/c1-12(5-7-16(2,13)14)9(8-11)10-4-3-6-15-10/h3-4,6,9H,5,7-8,11H2,1-2H3. The number of rotatable bonds is 6. The minimum Gasteiger partial charge on any atom is -0.329 e. The molecule has 1 atom stereocenters. The Labute approximate surface area is 101 Å². The lowest BCUT2D eigenvalue weighted by molar-refractivity contribution is 0.268. The molecule has 4 nitrogen and oxygen atoms in total. The van der Waals surface area contributed by atoms with Crippen LogP contribution in [-0.4, -0.2) is 45.5 Å². The first kappa shape index (κ1) is 13.6. The van der Waals surface area contributed by atoms with Gasteiger partial charge in [0, 0.05) is 24.2 Å². The summed E-state index contributed by atoms with van der Waals surface area (Å²) >= 11 is 1.65. The molecule has 16 heavy (non-hydrogen) atoms. The second-order valence-electron chi connectivity index (χ2n) is 3.88. The van der Waals surface area contributed by atoms with E-state index in [0.717, 1.165) is 0 Å². The number of thiophene rings is 1. The van der Waals surface area contributed by atoms with E-state index in [4.69, 9.17) is 5.73 Å². The van der Waals surface area contributed by atoms with Crippen LogP contribution in [0.3, 0.4) is 0 Å². The van der Waals surface area contributed by atoms with E-state index in [1.807, 2.05) is 29.5 Å². The Bertz CT molecular complexity index is 400. The second-order valence-corrected chi connectivity index (χ2v) is 7.12. The molecule has 0 aliphatic rings. The number of sulfone groups is 1. The molecular formula is C10H18N2O2S2. The summed E-state index contributed by atoms with van der Waals surface area (Å²) in [6, 6.07) is 4.12. The van der Waals surface area contributed by atoms with Crippen molar-refractivity contribution in [1.29, 1.82) is 0 Å². The number of hydrogen-bond acceptors (Lipinski definition) is 5.